The van der Waals surface area contributed by atoms with Crippen LogP contribution in [0.4, 0.5) is 4.39 Å². The van der Waals surface area contributed by atoms with Crippen LogP contribution in [0.3, 0.4) is 0 Å². The Hall–Kier alpha value is -2.54. The third kappa shape index (κ3) is 3.51. The molecule has 140 valence electrons. The number of hydrogen-bond acceptors (Lipinski definition) is 4. The summed E-state index contributed by atoms with van der Waals surface area (Å²) in [5, 5.41) is 2.33. The Balaban J connectivity index is 1.67. The highest BCUT2D eigenvalue weighted by molar-refractivity contribution is 7.17. The van der Waals surface area contributed by atoms with Crippen LogP contribution in [-0.4, -0.2) is 33.4 Å². The summed E-state index contributed by atoms with van der Waals surface area (Å²) >= 11 is 1.37. The normalized spacial score (nSPS) is 17.4. The fourth-order valence-electron chi connectivity index (χ4n) is 3.58. The molecule has 1 aliphatic rings. The Morgan fingerprint density at radius 3 is 2.85 bits per heavy atom. The molecular weight excluding hydrogens is 365 g/mol. The summed E-state index contributed by atoms with van der Waals surface area (Å²) in [6, 6.07) is 6.03. The number of benzene rings is 1. The van der Waals surface area contributed by atoms with Gasteiger partial charge in [0.25, 0.3) is 5.56 Å². The topological polar surface area (TPSA) is 55.2 Å². The molecule has 1 fully saturated rings. The zero-order chi connectivity index (χ0) is 19.0. The van der Waals surface area contributed by atoms with Crippen LogP contribution in [-0.2, 0) is 11.3 Å². The first-order chi connectivity index (χ1) is 13.0. The van der Waals surface area contributed by atoms with E-state index in [0.717, 1.165) is 37.1 Å². The predicted octanol–water partition coefficient (Wildman–Crippen LogP) is 3.52. The number of fused-ring (bicyclic) bond motifs is 1. The quantitative estimate of drug-likeness (QED) is 0.693. The number of likely N-dealkylation sites (tertiary alicyclic amines) is 1. The van der Waals surface area contributed by atoms with Crippen molar-refractivity contribution in [2.45, 2.75) is 26.3 Å². The van der Waals surface area contributed by atoms with Crippen LogP contribution in [0.25, 0.3) is 21.3 Å². The van der Waals surface area contributed by atoms with Gasteiger partial charge in [0.1, 0.15) is 17.2 Å². The minimum absolute atomic E-state index is 0.00675. The van der Waals surface area contributed by atoms with E-state index in [1.165, 1.54) is 34.4 Å². The maximum absolute atomic E-state index is 13.2. The highest BCUT2D eigenvalue weighted by Gasteiger charge is 2.22. The molecular formula is C20H20FN3O2S. The molecule has 5 nitrogen and oxygen atoms in total. The summed E-state index contributed by atoms with van der Waals surface area (Å²) in [5.74, 6) is 0.112. The number of aromatic nitrogens is 2. The van der Waals surface area contributed by atoms with Gasteiger partial charge < -0.3 is 4.90 Å². The van der Waals surface area contributed by atoms with Crippen LogP contribution in [0.1, 0.15) is 19.8 Å². The Morgan fingerprint density at radius 1 is 1.33 bits per heavy atom. The van der Waals surface area contributed by atoms with Crippen molar-refractivity contribution < 1.29 is 9.18 Å². The van der Waals surface area contributed by atoms with Crippen molar-refractivity contribution in [3.05, 3.63) is 52.1 Å². The molecule has 0 radical (unpaired) electrons. The van der Waals surface area contributed by atoms with E-state index in [9.17, 15) is 14.0 Å². The van der Waals surface area contributed by atoms with Gasteiger partial charge in [0.15, 0.2) is 0 Å². The number of piperidine rings is 1. The minimum atomic E-state index is -0.324. The lowest BCUT2D eigenvalue weighted by molar-refractivity contribution is -0.133. The molecule has 1 aromatic carbocycles. The average Bonchev–Trinajstić information content (AvgIpc) is 3.09. The average molecular weight is 385 g/mol. The summed E-state index contributed by atoms with van der Waals surface area (Å²) < 4.78 is 14.6. The van der Waals surface area contributed by atoms with Crippen molar-refractivity contribution in [2.75, 3.05) is 13.1 Å². The monoisotopic (exact) mass is 385 g/mol. The molecule has 0 N–H and O–H groups in total. The van der Waals surface area contributed by atoms with Crippen LogP contribution in [0.15, 0.2) is 40.8 Å². The molecule has 3 heterocycles. The van der Waals surface area contributed by atoms with Gasteiger partial charge in [-0.05, 0) is 36.5 Å². The first-order valence-electron chi connectivity index (χ1n) is 9.03. The van der Waals surface area contributed by atoms with Crippen LogP contribution >= 0.6 is 11.3 Å². The molecule has 0 spiro atoms. The second-order valence-corrected chi connectivity index (χ2v) is 7.96. The lowest BCUT2D eigenvalue weighted by Gasteiger charge is -2.31. The zero-order valence-corrected chi connectivity index (χ0v) is 15.8. The van der Waals surface area contributed by atoms with E-state index in [1.54, 1.807) is 12.1 Å². The van der Waals surface area contributed by atoms with Crippen LogP contribution in [0.2, 0.25) is 0 Å². The SMILES string of the molecule is C[C@H]1CCCN(C(=O)Cn2cnc3scc(-c4ccc(F)cc4)c3c2=O)C1. The Bertz CT molecular complexity index is 1040. The van der Waals surface area contributed by atoms with Crippen LogP contribution in [0.5, 0.6) is 0 Å². The van der Waals surface area contributed by atoms with E-state index in [4.69, 9.17) is 0 Å². The van der Waals surface area contributed by atoms with E-state index < -0.39 is 0 Å². The smallest absolute Gasteiger partial charge is 0.263 e. The first kappa shape index (κ1) is 17.9. The fraction of sp³-hybridized carbons (Fsp3) is 0.350. The van der Waals surface area contributed by atoms with Crippen molar-refractivity contribution in [1.29, 1.82) is 0 Å². The first-order valence-corrected chi connectivity index (χ1v) is 9.91. The molecule has 0 bridgehead atoms. The van der Waals surface area contributed by atoms with Crippen molar-refractivity contribution in [1.82, 2.24) is 14.5 Å². The highest BCUT2D eigenvalue weighted by Crippen LogP contribution is 2.30. The van der Waals surface area contributed by atoms with Gasteiger partial charge >= 0.3 is 0 Å². The molecule has 0 unspecified atom stereocenters. The summed E-state index contributed by atoms with van der Waals surface area (Å²) in [6.07, 6.45) is 3.58. The molecule has 0 saturated carbocycles. The summed E-state index contributed by atoms with van der Waals surface area (Å²) in [7, 11) is 0. The number of amides is 1. The van der Waals surface area contributed by atoms with E-state index >= 15 is 0 Å². The Morgan fingerprint density at radius 2 is 2.11 bits per heavy atom. The van der Waals surface area contributed by atoms with Crippen LogP contribution in [0, 0.1) is 11.7 Å². The van der Waals surface area contributed by atoms with Gasteiger partial charge in [-0.15, -0.1) is 11.3 Å². The standard InChI is InChI=1S/C20H20FN3O2S/c1-13-3-2-8-23(9-13)17(25)10-24-12-22-19-18(20(24)26)16(11-27-19)14-4-6-15(21)7-5-14/h4-7,11-13H,2-3,8-10H2,1H3/t13-/m0/s1. The second-order valence-electron chi connectivity index (χ2n) is 7.10. The highest BCUT2D eigenvalue weighted by atomic mass is 32.1. The molecule has 7 heteroatoms. The molecule has 27 heavy (non-hydrogen) atoms. The molecule has 3 aromatic rings. The van der Waals surface area contributed by atoms with Gasteiger partial charge in [-0.3, -0.25) is 14.2 Å². The van der Waals surface area contributed by atoms with Crippen molar-refractivity contribution in [3.63, 3.8) is 0 Å². The molecule has 0 aliphatic carbocycles. The predicted molar refractivity (Wildman–Crippen MR) is 104 cm³/mol. The lowest BCUT2D eigenvalue weighted by Crippen LogP contribution is -2.42. The summed E-state index contributed by atoms with van der Waals surface area (Å²) in [6.45, 7) is 3.61. The van der Waals surface area contributed by atoms with E-state index in [0.29, 0.717) is 16.1 Å². The minimum Gasteiger partial charge on any atom is -0.341 e. The Kier molecular flexibility index (Phi) is 4.78. The Labute approximate surface area is 160 Å². The summed E-state index contributed by atoms with van der Waals surface area (Å²) in [5.41, 5.74) is 1.25. The van der Waals surface area contributed by atoms with Crippen LogP contribution < -0.4 is 5.56 Å². The van der Waals surface area contributed by atoms with Crippen molar-refractivity contribution >= 4 is 27.5 Å². The number of thiophene rings is 1. The van der Waals surface area contributed by atoms with E-state index in [2.05, 4.69) is 11.9 Å². The van der Waals surface area contributed by atoms with Gasteiger partial charge in [0.05, 0.1) is 11.7 Å². The van der Waals surface area contributed by atoms with Crippen molar-refractivity contribution in [2.24, 2.45) is 5.92 Å². The fourth-order valence-corrected chi connectivity index (χ4v) is 4.49. The van der Waals surface area contributed by atoms with Gasteiger partial charge in [0, 0.05) is 24.0 Å². The van der Waals surface area contributed by atoms with Gasteiger partial charge in [0.2, 0.25) is 5.91 Å². The van der Waals surface area contributed by atoms with Gasteiger partial charge in [-0.25, -0.2) is 9.37 Å². The third-order valence-corrected chi connectivity index (χ3v) is 5.92. The molecule has 1 aliphatic heterocycles. The lowest BCUT2D eigenvalue weighted by atomic mass is 10.0. The van der Waals surface area contributed by atoms with E-state index in [-0.39, 0.29) is 23.8 Å². The maximum atomic E-state index is 13.2. The second kappa shape index (κ2) is 7.23. The number of halogens is 1. The molecule has 1 atom stereocenters. The molecule has 4 rings (SSSR count). The third-order valence-electron chi connectivity index (χ3n) is 5.03. The molecule has 2 aromatic heterocycles. The van der Waals surface area contributed by atoms with Crippen molar-refractivity contribution in [3.8, 4) is 11.1 Å². The maximum Gasteiger partial charge on any atom is 0.263 e. The van der Waals surface area contributed by atoms with Gasteiger partial charge in [-0.1, -0.05) is 19.1 Å². The molecule has 1 saturated heterocycles. The summed E-state index contributed by atoms with van der Waals surface area (Å²) in [4.78, 5) is 32.5. The number of carbonyl (C=O) groups is 1. The number of rotatable bonds is 3. The number of carbonyl (C=O) groups excluding carboxylic acids is 1. The largest absolute Gasteiger partial charge is 0.341 e. The van der Waals surface area contributed by atoms with E-state index in [1.807, 2.05) is 10.3 Å². The number of hydrogen-bond donors (Lipinski definition) is 0. The zero-order valence-electron chi connectivity index (χ0n) is 15.0. The number of nitrogens with zero attached hydrogens (tertiary/aromatic N) is 3. The van der Waals surface area contributed by atoms with Gasteiger partial charge in [-0.2, -0.15) is 0 Å². The molecule has 1 amide bonds.